The summed E-state index contributed by atoms with van der Waals surface area (Å²) in [5, 5.41) is 3.14. The molecular formula is C16H22BrNO. The van der Waals surface area contributed by atoms with Crippen LogP contribution in [0, 0.1) is 11.3 Å². The summed E-state index contributed by atoms with van der Waals surface area (Å²) < 4.78 is 1.08. The highest BCUT2D eigenvalue weighted by Crippen LogP contribution is 2.47. The number of hydrogen-bond donors (Lipinski definition) is 1. The largest absolute Gasteiger partial charge is 0.353 e. The van der Waals surface area contributed by atoms with Crippen LogP contribution in [0.3, 0.4) is 0 Å². The number of hydrogen-bond acceptors (Lipinski definition) is 1. The topological polar surface area (TPSA) is 29.1 Å². The number of rotatable bonds is 3. The van der Waals surface area contributed by atoms with Gasteiger partial charge in [0.05, 0.1) is 0 Å². The van der Waals surface area contributed by atoms with E-state index >= 15 is 0 Å². The van der Waals surface area contributed by atoms with Crippen LogP contribution in [-0.2, 0) is 4.79 Å². The summed E-state index contributed by atoms with van der Waals surface area (Å²) in [4.78, 5) is 12.2. The third kappa shape index (κ3) is 3.59. The first-order valence-electron chi connectivity index (χ1n) is 6.85. The Kier molecular flexibility index (Phi) is 4.05. The van der Waals surface area contributed by atoms with Crippen molar-refractivity contribution in [3.8, 4) is 0 Å². The third-order valence-corrected chi connectivity index (χ3v) is 4.61. The van der Waals surface area contributed by atoms with Gasteiger partial charge in [0.15, 0.2) is 0 Å². The Balaban J connectivity index is 1.92. The molecule has 0 bridgehead atoms. The molecule has 3 heteroatoms. The van der Waals surface area contributed by atoms with Gasteiger partial charge in [0.1, 0.15) is 0 Å². The van der Waals surface area contributed by atoms with E-state index in [9.17, 15) is 4.79 Å². The van der Waals surface area contributed by atoms with Crippen LogP contribution in [0.5, 0.6) is 0 Å². The maximum Gasteiger partial charge on any atom is 0.223 e. The molecule has 1 aliphatic rings. The zero-order chi connectivity index (χ0) is 14.2. The molecule has 0 aliphatic heterocycles. The summed E-state index contributed by atoms with van der Waals surface area (Å²) in [7, 11) is 0. The van der Waals surface area contributed by atoms with E-state index in [4.69, 9.17) is 0 Å². The summed E-state index contributed by atoms with van der Waals surface area (Å²) in [6.45, 7) is 8.53. The van der Waals surface area contributed by atoms with Crippen molar-refractivity contribution in [2.75, 3.05) is 0 Å². The summed E-state index contributed by atoms with van der Waals surface area (Å²) in [5.41, 5.74) is 1.38. The van der Waals surface area contributed by atoms with Crippen LogP contribution in [0.25, 0.3) is 0 Å². The van der Waals surface area contributed by atoms with Gasteiger partial charge in [-0.25, -0.2) is 0 Å². The van der Waals surface area contributed by atoms with Crippen molar-refractivity contribution in [2.45, 2.75) is 46.1 Å². The lowest BCUT2D eigenvalue weighted by molar-refractivity contribution is -0.123. The maximum atomic E-state index is 12.2. The first-order chi connectivity index (χ1) is 8.79. The Bertz CT molecular complexity index is 461. The number of amides is 1. The van der Waals surface area contributed by atoms with Gasteiger partial charge in [0, 0.05) is 16.4 Å². The molecule has 0 heterocycles. The Labute approximate surface area is 124 Å². The maximum absolute atomic E-state index is 12.2. The monoisotopic (exact) mass is 323 g/mol. The highest BCUT2D eigenvalue weighted by atomic mass is 79.9. The van der Waals surface area contributed by atoms with E-state index in [0.29, 0.717) is 5.92 Å². The van der Waals surface area contributed by atoms with Crippen molar-refractivity contribution in [3.05, 3.63) is 34.3 Å². The lowest BCUT2D eigenvalue weighted by atomic mass is 9.88. The van der Waals surface area contributed by atoms with Crippen molar-refractivity contribution in [2.24, 2.45) is 11.3 Å². The molecule has 104 valence electrons. The molecule has 1 saturated carbocycles. The van der Waals surface area contributed by atoms with Crippen LogP contribution in [-0.4, -0.2) is 11.9 Å². The lowest BCUT2D eigenvalue weighted by Gasteiger charge is -2.28. The lowest BCUT2D eigenvalue weighted by Crippen LogP contribution is -2.42. The number of benzene rings is 1. The van der Waals surface area contributed by atoms with Gasteiger partial charge in [-0.05, 0) is 42.4 Å². The fourth-order valence-corrected chi connectivity index (χ4v) is 2.36. The Morgan fingerprint density at radius 2 is 1.89 bits per heavy atom. The van der Waals surface area contributed by atoms with Crippen molar-refractivity contribution in [3.63, 3.8) is 0 Å². The standard InChI is InChI=1S/C16H22BrNO/c1-10(16(2,3)4)18-15(19)14-9-13(14)11-5-7-12(17)8-6-11/h5-8,10,13-14H,9H2,1-4H3,(H,18,19). The Hall–Kier alpha value is -0.830. The second-order valence-corrected chi connectivity index (χ2v) is 7.51. The van der Waals surface area contributed by atoms with E-state index in [0.717, 1.165) is 10.9 Å². The molecule has 1 aliphatic carbocycles. The van der Waals surface area contributed by atoms with Crippen LogP contribution >= 0.6 is 15.9 Å². The first-order valence-corrected chi connectivity index (χ1v) is 7.64. The third-order valence-electron chi connectivity index (χ3n) is 4.08. The Morgan fingerprint density at radius 1 is 1.32 bits per heavy atom. The molecule has 2 rings (SSSR count). The second-order valence-electron chi connectivity index (χ2n) is 6.60. The Morgan fingerprint density at radius 3 is 2.42 bits per heavy atom. The predicted molar refractivity (Wildman–Crippen MR) is 82.0 cm³/mol. The smallest absolute Gasteiger partial charge is 0.223 e. The summed E-state index contributed by atoms with van der Waals surface area (Å²) in [6.07, 6.45) is 0.977. The molecule has 0 spiro atoms. The molecule has 3 unspecified atom stereocenters. The van der Waals surface area contributed by atoms with E-state index < -0.39 is 0 Å². The highest BCUT2D eigenvalue weighted by molar-refractivity contribution is 9.10. The minimum Gasteiger partial charge on any atom is -0.353 e. The zero-order valence-electron chi connectivity index (χ0n) is 12.0. The van der Waals surface area contributed by atoms with Crippen molar-refractivity contribution in [1.82, 2.24) is 5.32 Å². The molecule has 1 fully saturated rings. The van der Waals surface area contributed by atoms with E-state index in [2.05, 4.69) is 61.1 Å². The van der Waals surface area contributed by atoms with Crippen molar-refractivity contribution in [1.29, 1.82) is 0 Å². The molecule has 3 atom stereocenters. The molecule has 1 aromatic carbocycles. The average Bonchev–Trinajstić information content (AvgIpc) is 3.08. The van der Waals surface area contributed by atoms with Gasteiger partial charge in [0.2, 0.25) is 5.91 Å². The van der Waals surface area contributed by atoms with Gasteiger partial charge in [0.25, 0.3) is 0 Å². The quantitative estimate of drug-likeness (QED) is 0.891. The molecule has 2 nitrogen and oxygen atoms in total. The molecular weight excluding hydrogens is 302 g/mol. The minimum absolute atomic E-state index is 0.109. The molecule has 19 heavy (non-hydrogen) atoms. The van der Waals surface area contributed by atoms with Crippen molar-refractivity contribution >= 4 is 21.8 Å². The molecule has 1 N–H and O–H groups in total. The fraction of sp³-hybridized carbons (Fsp3) is 0.562. The first kappa shape index (κ1) is 14.6. The van der Waals surface area contributed by atoms with Crippen LogP contribution in [0.15, 0.2) is 28.7 Å². The van der Waals surface area contributed by atoms with Gasteiger partial charge in [-0.1, -0.05) is 48.8 Å². The van der Waals surface area contributed by atoms with Crippen molar-refractivity contribution < 1.29 is 4.79 Å². The highest BCUT2D eigenvalue weighted by Gasteiger charge is 2.44. The molecule has 1 amide bonds. The SMILES string of the molecule is CC(NC(=O)C1CC1c1ccc(Br)cc1)C(C)(C)C. The predicted octanol–water partition coefficient (Wildman–Crippen LogP) is 4.10. The average molecular weight is 324 g/mol. The van der Waals surface area contributed by atoms with Gasteiger partial charge in [-0.15, -0.1) is 0 Å². The number of halogens is 1. The van der Waals surface area contributed by atoms with Crippen LogP contribution < -0.4 is 5.32 Å². The molecule has 1 aromatic rings. The normalized spacial score (nSPS) is 23.8. The summed E-state index contributed by atoms with van der Waals surface area (Å²) >= 11 is 3.43. The van der Waals surface area contributed by atoms with E-state index in [1.54, 1.807) is 0 Å². The van der Waals surface area contributed by atoms with E-state index in [-0.39, 0.29) is 23.3 Å². The van der Waals surface area contributed by atoms with E-state index in [1.165, 1.54) is 5.56 Å². The molecule has 0 radical (unpaired) electrons. The number of carbonyl (C=O) groups is 1. The molecule has 0 saturated heterocycles. The van der Waals surface area contributed by atoms with Crippen LogP contribution in [0.1, 0.15) is 45.6 Å². The zero-order valence-corrected chi connectivity index (χ0v) is 13.6. The fourth-order valence-electron chi connectivity index (χ4n) is 2.10. The van der Waals surface area contributed by atoms with Gasteiger partial charge < -0.3 is 5.32 Å². The van der Waals surface area contributed by atoms with E-state index in [1.807, 2.05) is 12.1 Å². The van der Waals surface area contributed by atoms with Gasteiger partial charge in [-0.2, -0.15) is 0 Å². The van der Waals surface area contributed by atoms with Crippen LogP contribution in [0.4, 0.5) is 0 Å². The van der Waals surface area contributed by atoms with Crippen LogP contribution in [0.2, 0.25) is 0 Å². The summed E-state index contributed by atoms with van der Waals surface area (Å²) in [5.74, 6) is 0.765. The number of nitrogens with one attached hydrogen (secondary N) is 1. The number of carbonyl (C=O) groups excluding carboxylic acids is 1. The van der Waals surface area contributed by atoms with Gasteiger partial charge in [-0.3, -0.25) is 4.79 Å². The van der Waals surface area contributed by atoms with Gasteiger partial charge >= 0.3 is 0 Å². The molecule has 0 aromatic heterocycles. The minimum atomic E-state index is 0.109. The second kappa shape index (κ2) is 5.28. The summed E-state index contributed by atoms with van der Waals surface area (Å²) in [6, 6.07) is 8.50.